The van der Waals surface area contributed by atoms with Gasteiger partial charge in [-0.1, -0.05) is 0 Å². The summed E-state index contributed by atoms with van der Waals surface area (Å²) in [5, 5.41) is 1.88. The largest absolute Gasteiger partial charge is 0.493 e. The Kier molecular flexibility index (Phi) is 2.79. The molecule has 0 saturated heterocycles. The first-order valence-corrected chi connectivity index (χ1v) is 6.55. The summed E-state index contributed by atoms with van der Waals surface area (Å²) >= 11 is 1.52. The second-order valence-electron chi connectivity index (χ2n) is 4.01. The number of methoxy groups -OCH3 is 2. The van der Waals surface area contributed by atoms with E-state index in [-0.39, 0.29) is 0 Å². The van der Waals surface area contributed by atoms with Gasteiger partial charge in [0.15, 0.2) is 16.5 Å². The van der Waals surface area contributed by atoms with Crippen molar-refractivity contribution < 1.29 is 9.47 Å². The Morgan fingerprint density at radius 2 is 2.00 bits per heavy atom. The zero-order chi connectivity index (χ0) is 13.4. The molecule has 2 heterocycles. The van der Waals surface area contributed by atoms with E-state index in [1.54, 1.807) is 14.2 Å². The molecule has 1 aromatic carbocycles. The predicted octanol–water partition coefficient (Wildman–Crippen LogP) is 2.66. The average Bonchev–Trinajstić information content (AvgIpc) is 3.00. The number of rotatable bonds is 3. The Labute approximate surface area is 114 Å². The lowest BCUT2D eigenvalue weighted by atomic mass is 10.1. The minimum atomic E-state index is 0.685. The summed E-state index contributed by atoms with van der Waals surface area (Å²) in [7, 11) is 3.23. The molecule has 0 amide bonds. The predicted molar refractivity (Wildman–Crippen MR) is 76.0 cm³/mol. The lowest BCUT2D eigenvalue weighted by molar-refractivity contribution is 0.355. The zero-order valence-corrected chi connectivity index (χ0v) is 11.4. The number of nitrogens with zero attached hydrogens (tertiary/aromatic N) is 2. The molecule has 98 valence electrons. The number of ether oxygens (including phenoxy) is 2. The molecule has 0 aliphatic heterocycles. The van der Waals surface area contributed by atoms with Crippen LogP contribution in [-0.4, -0.2) is 23.6 Å². The third-order valence-corrected chi connectivity index (χ3v) is 3.77. The molecule has 0 aliphatic rings. The van der Waals surface area contributed by atoms with E-state index in [4.69, 9.17) is 15.2 Å². The Balaban J connectivity index is 2.10. The smallest absolute Gasteiger partial charge is 0.195 e. The monoisotopic (exact) mass is 275 g/mol. The van der Waals surface area contributed by atoms with E-state index in [1.165, 1.54) is 11.3 Å². The number of aromatic nitrogens is 2. The summed E-state index contributed by atoms with van der Waals surface area (Å²) < 4.78 is 12.4. The molecule has 0 saturated carbocycles. The molecule has 0 radical (unpaired) electrons. The zero-order valence-electron chi connectivity index (χ0n) is 10.6. The standard InChI is InChI=1S/C13H13N3O2S/c1-17-10-4-3-8(5-11(10)18-2)9-6-16-12(14)7-19-13(16)15-9/h3-7H,14H2,1-2H3. The molecule has 2 N–H and O–H groups in total. The topological polar surface area (TPSA) is 61.8 Å². The van der Waals surface area contributed by atoms with Crippen LogP contribution in [0.2, 0.25) is 0 Å². The van der Waals surface area contributed by atoms with Crippen LogP contribution in [0.1, 0.15) is 0 Å². The molecule has 0 spiro atoms. The van der Waals surface area contributed by atoms with E-state index in [9.17, 15) is 0 Å². The van der Waals surface area contributed by atoms with Crippen LogP contribution in [-0.2, 0) is 0 Å². The van der Waals surface area contributed by atoms with Crippen LogP contribution in [0.15, 0.2) is 29.8 Å². The van der Waals surface area contributed by atoms with E-state index in [2.05, 4.69) is 4.98 Å². The van der Waals surface area contributed by atoms with Crippen LogP contribution in [0.4, 0.5) is 5.82 Å². The molecule has 5 nitrogen and oxygen atoms in total. The van der Waals surface area contributed by atoms with E-state index in [0.717, 1.165) is 16.2 Å². The second kappa shape index (κ2) is 4.47. The van der Waals surface area contributed by atoms with E-state index >= 15 is 0 Å². The SMILES string of the molecule is COc1ccc(-c2cn3c(N)csc3n2)cc1OC. The van der Waals surface area contributed by atoms with E-state index < -0.39 is 0 Å². The summed E-state index contributed by atoms with van der Waals surface area (Å²) in [4.78, 5) is 5.42. The second-order valence-corrected chi connectivity index (χ2v) is 4.85. The van der Waals surface area contributed by atoms with Gasteiger partial charge in [-0.15, -0.1) is 11.3 Å². The third-order valence-electron chi connectivity index (χ3n) is 2.92. The molecule has 19 heavy (non-hydrogen) atoms. The van der Waals surface area contributed by atoms with Crippen LogP contribution in [0.25, 0.3) is 16.2 Å². The van der Waals surface area contributed by atoms with Gasteiger partial charge < -0.3 is 15.2 Å². The van der Waals surface area contributed by atoms with Gasteiger partial charge in [-0.2, -0.15) is 0 Å². The summed E-state index contributed by atoms with van der Waals surface area (Å²) in [5.74, 6) is 2.08. The molecule has 2 aromatic heterocycles. The molecule has 0 bridgehead atoms. The quantitative estimate of drug-likeness (QED) is 0.798. The maximum atomic E-state index is 5.86. The summed E-state index contributed by atoms with van der Waals surface area (Å²) in [5.41, 5.74) is 7.68. The van der Waals surface area contributed by atoms with E-state index in [0.29, 0.717) is 17.3 Å². The first kappa shape index (κ1) is 11.9. The highest BCUT2D eigenvalue weighted by Gasteiger charge is 2.11. The number of thiazole rings is 1. The van der Waals surface area contributed by atoms with Gasteiger partial charge in [-0.25, -0.2) is 4.98 Å². The van der Waals surface area contributed by atoms with Crippen molar-refractivity contribution in [1.82, 2.24) is 9.38 Å². The minimum absolute atomic E-state index is 0.685. The summed E-state index contributed by atoms with van der Waals surface area (Å²) in [6.07, 6.45) is 1.92. The summed E-state index contributed by atoms with van der Waals surface area (Å²) in [6, 6.07) is 5.72. The van der Waals surface area contributed by atoms with Crippen molar-refractivity contribution in [2.75, 3.05) is 20.0 Å². The molecular formula is C13H13N3O2S. The first-order chi connectivity index (χ1) is 9.22. The van der Waals surface area contributed by atoms with Gasteiger partial charge in [0.2, 0.25) is 0 Å². The Morgan fingerprint density at radius 3 is 2.68 bits per heavy atom. The van der Waals surface area contributed by atoms with Gasteiger partial charge >= 0.3 is 0 Å². The van der Waals surface area contributed by atoms with Crippen LogP contribution >= 0.6 is 11.3 Å². The summed E-state index contributed by atoms with van der Waals surface area (Å²) in [6.45, 7) is 0. The molecule has 3 rings (SSSR count). The highest BCUT2D eigenvalue weighted by Crippen LogP contribution is 2.32. The van der Waals surface area contributed by atoms with Crippen LogP contribution < -0.4 is 15.2 Å². The highest BCUT2D eigenvalue weighted by molar-refractivity contribution is 7.15. The van der Waals surface area contributed by atoms with Gasteiger partial charge in [0.1, 0.15) is 5.82 Å². The molecule has 0 unspecified atom stereocenters. The number of hydrogen-bond donors (Lipinski definition) is 1. The fraction of sp³-hybridized carbons (Fsp3) is 0.154. The molecular weight excluding hydrogens is 262 g/mol. The van der Waals surface area contributed by atoms with Crippen molar-refractivity contribution in [3.63, 3.8) is 0 Å². The van der Waals surface area contributed by atoms with Crippen LogP contribution in [0.5, 0.6) is 11.5 Å². The van der Waals surface area contributed by atoms with Gasteiger partial charge in [-0.05, 0) is 18.2 Å². The van der Waals surface area contributed by atoms with Crippen molar-refractivity contribution in [2.45, 2.75) is 0 Å². The number of nitrogens with two attached hydrogens (primary N) is 1. The number of hydrogen-bond acceptors (Lipinski definition) is 5. The van der Waals surface area contributed by atoms with Crippen molar-refractivity contribution in [2.24, 2.45) is 0 Å². The maximum Gasteiger partial charge on any atom is 0.195 e. The molecule has 6 heteroatoms. The van der Waals surface area contributed by atoms with Gasteiger partial charge in [0.25, 0.3) is 0 Å². The van der Waals surface area contributed by atoms with Crippen molar-refractivity contribution >= 4 is 22.1 Å². The van der Waals surface area contributed by atoms with Gasteiger partial charge in [0, 0.05) is 17.1 Å². The highest BCUT2D eigenvalue weighted by atomic mass is 32.1. The van der Waals surface area contributed by atoms with E-state index in [1.807, 2.05) is 34.2 Å². The third kappa shape index (κ3) is 1.90. The molecule has 0 atom stereocenters. The lowest BCUT2D eigenvalue weighted by Crippen LogP contribution is -1.91. The number of fused-ring (bicyclic) bond motifs is 1. The maximum absolute atomic E-state index is 5.86. The van der Waals surface area contributed by atoms with Crippen LogP contribution in [0, 0.1) is 0 Å². The van der Waals surface area contributed by atoms with Gasteiger partial charge in [-0.3, -0.25) is 4.40 Å². The van der Waals surface area contributed by atoms with Gasteiger partial charge in [0.05, 0.1) is 19.9 Å². The minimum Gasteiger partial charge on any atom is -0.493 e. The van der Waals surface area contributed by atoms with Crippen molar-refractivity contribution in [3.05, 3.63) is 29.8 Å². The number of nitrogen functional groups attached to an aromatic ring is 1. The Bertz CT molecular complexity index is 733. The fourth-order valence-electron chi connectivity index (χ4n) is 1.94. The molecule has 0 aliphatic carbocycles. The fourth-order valence-corrected chi connectivity index (χ4v) is 2.70. The molecule has 3 aromatic rings. The first-order valence-electron chi connectivity index (χ1n) is 5.67. The normalized spacial score (nSPS) is 10.8. The molecule has 0 fully saturated rings. The van der Waals surface area contributed by atoms with Crippen LogP contribution in [0.3, 0.4) is 0 Å². The number of imidazole rings is 1. The lowest BCUT2D eigenvalue weighted by Gasteiger charge is -2.08. The van der Waals surface area contributed by atoms with Crippen molar-refractivity contribution in [1.29, 1.82) is 0 Å². The Hall–Kier alpha value is -2.21. The number of benzene rings is 1. The number of anilines is 1. The Morgan fingerprint density at radius 1 is 1.21 bits per heavy atom. The average molecular weight is 275 g/mol. The van der Waals surface area contributed by atoms with Crippen molar-refractivity contribution in [3.8, 4) is 22.8 Å².